The van der Waals surface area contributed by atoms with E-state index in [1.165, 1.54) is 17.7 Å². The van der Waals surface area contributed by atoms with Gasteiger partial charge in [0.05, 0.1) is 4.70 Å². The maximum atomic E-state index is 11.0. The van der Waals surface area contributed by atoms with Crippen LogP contribution in [0.5, 0.6) is 0 Å². The van der Waals surface area contributed by atoms with E-state index in [4.69, 9.17) is 0 Å². The van der Waals surface area contributed by atoms with E-state index in [1.807, 2.05) is 0 Å². The molecule has 0 saturated carbocycles. The largest absolute Gasteiger partial charge is 0.299 e. The summed E-state index contributed by atoms with van der Waals surface area (Å²) in [6.45, 7) is 0. The number of fused-ring (bicyclic) bond motifs is 1. The standard InChI is InChI=1S/C6H3N3OS/c10-6-5-4(11-9-8-5)2-1-3-7-6/h1-3H. The second-order valence-corrected chi connectivity index (χ2v) is 2.71. The Balaban J connectivity index is 3.09. The van der Waals surface area contributed by atoms with Gasteiger partial charge in [-0.3, -0.25) is 4.79 Å². The van der Waals surface area contributed by atoms with E-state index in [-0.39, 0.29) is 5.56 Å². The van der Waals surface area contributed by atoms with Crippen molar-refractivity contribution in [2.75, 3.05) is 0 Å². The summed E-state index contributed by atoms with van der Waals surface area (Å²) in [5.74, 6) is 0. The van der Waals surface area contributed by atoms with E-state index < -0.39 is 0 Å². The molecular weight excluding hydrogens is 162 g/mol. The Morgan fingerprint density at radius 1 is 1.45 bits per heavy atom. The van der Waals surface area contributed by atoms with Gasteiger partial charge in [-0.1, -0.05) is 4.49 Å². The van der Waals surface area contributed by atoms with Crippen molar-refractivity contribution in [1.29, 1.82) is 0 Å². The molecule has 0 bridgehead atoms. The third kappa shape index (κ3) is 0.988. The highest BCUT2D eigenvalue weighted by atomic mass is 32.1. The van der Waals surface area contributed by atoms with Gasteiger partial charge in [-0.05, 0) is 23.7 Å². The summed E-state index contributed by atoms with van der Waals surface area (Å²) in [6.07, 6.45) is 1.46. The zero-order chi connectivity index (χ0) is 7.68. The van der Waals surface area contributed by atoms with E-state index in [1.54, 1.807) is 12.1 Å². The lowest BCUT2D eigenvalue weighted by molar-refractivity contribution is 1.17. The molecule has 0 aliphatic carbocycles. The van der Waals surface area contributed by atoms with Crippen LogP contribution in [0.2, 0.25) is 0 Å². The first-order valence-corrected chi connectivity index (χ1v) is 3.72. The second kappa shape index (κ2) is 2.35. The van der Waals surface area contributed by atoms with Gasteiger partial charge in [-0.25, -0.2) is 4.98 Å². The number of rotatable bonds is 0. The molecule has 0 N–H and O–H groups in total. The maximum Gasteiger partial charge on any atom is 0.299 e. The van der Waals surface area contributed by atoms with Crippen LogP contribution in [-0.2, 0) is 0 Å². The van der Waals surface area contributed by atoms with Crippen LogP contribution >= 0.6 is 11.5 Å². The first kappa shape index (κ1) is 6.36. The number of nitrogens with zero attached hydrogens (tertiary/aromatic N) is 3. The predicted octanol–water partition coefficient (Wildman–Crippen LogP) is 0.447. The van der Waals surface area contributed by atoms with Crippen molar-refractivity contribution < 1.29 is 0 Å². The van der Waals surface area contributed by atoms with Crippen molar-refractivity contribution in [2.24, 2.45) is 0 Å². The molecule has 2 aromatic heterocycles. The highest BCUT2D eigenvalue weighted by molar-refractivity contribution is 7.12. The Morgan fingerprint density at radius 3 is 3.27 bits per heavy atom. The molecule has 54 valence electrons. The summed E-state index contributed by atoms with van der Waals surface area (Å²) in [5, 5.41) is 3.65. The van der Waals surface area contributed by atoms with Gasteiger partial charge in [0.25, 0.3) is 5.56 Å². The third-order valence-electron chi connectivity index (χ3n) is 1.24. The number of aromatic nitrogens is 3. The summed E-state index contributed by atoms with van der Waals surface area (Å²) >= 11 is 1.19. The maximum absolute atomic E-state index is 11.0. The molecule has 0 aromatic carbocycles. The molecule has 0 aliphatic heterocycles. The van der Waals surface area contributed by atoms with E-state index >= 15 is 0 Å². The summed E-state index contributed by atoms with van der Waals surface area (Å²) in [6, 6.07) is 3.47. The van der Waals surface area contributed by atoms with Gasteiger partial charge in [0.1, 0.15) is 0 Å². The monoisotopic (exact) mass is 165 g/mol. The summed E-state index contributed by atoms with van der Waals surface area (Å²) in [7, 11) is 0. The lowest BCUT2D eigenvalue weighted by Gasteiger charge is -1.67. The quantitative estimate of drug-likeness (QED) is 0.568. The van der Waals surface area contributed by atoms with Crippen molar-refractivity contribution in [2.45, 2.75) is 0 Å². The molecule has 0 amide bonds. The Labute approximate surface area is 65.7 Å². The SMILES string of the molecule is O=c1ncccc2snnc12. The zero-order valence-electron chi connectivity index (χ0n) is 5.39. The molecule has 0 unspecified atom stereocenters. The molecule has 2 heterocycles. The van der Waals surface area contributed by atoms with Crippen molar-refractivity contribution >= 4 is 21.7 Å². The molecule has 2 aromatic rings. The van der Waals surface area contributed by atoms with Crippen LogP contribution in [0.15, 0.2) is 23.1 Å². The third-order valence-corrected chi connectivity index (χ3v) is 1.93. The van der Waals surface area contributed by atoms with Crippen LogP contribution < -0.4 is 5.56 Å². The minimum atomic E-state index is -0.321. The van der Waals surface area contributed by atoms with Crippen LogP contribution in [-0.4, -0.2) is 14.6 Å². The minimum Gasteiger partial charge on any atom is -0.265 e. The average Bonchev–Trinajstić information content (AvgIpc) is 2.40. The van der Waals surface area contributed by atoms with Crippen molar-refractivity contribution in [1.82, 2.24) is 14.6 Å². The Morgan fingerprint density at radius 2 is 2.36 bits per heavy atom. The number of hydrogen-bond donors (Lipinski definition) is 0. The van der Waals surface area contributed by atoms with E-state index in [9.17, 15) is 4.79 Å². The van der Waals surface area contributed by atoms with Crippen LogP contribution in [0.1, 0.15) is 0 Å². The Hall–Kier alpha value is -1.36. The average molecular weight is 165 g/mol. The van der Waals surface area contributed by atoms with Crippen molar-refractivity contribution in [3.05, 3.63) is 28.7 Å². The first-order valence-electron chi connectivity index (χ1n) is 2.95. The summed E-state index contributed by atoms with van der Waals surface area (Å²) in [5.41, 5.74) is 0.0266. The normalized spacial score (nSPS) is 10.2. The predicted molar refractivity (Wildman–Crippen MR) is 41.5 cm³/mol. The first-order chi connectivity index (χ1) is 5.38. The molecule has 0 radical (unpaired) electrons. The lowest BCUT2D eigenvalue weighted by atomic mass is 10.5. The molecule has 0 aliphatic rings. The van der Waals surface area contributed by atoms with Gasteiger partial charge < -0.3 is 0 Å². The van der Waals surface area contributed by atoms with Crippen LogP contribution in [0.3, 0.4) is 0 Å². The summed E-state index contributed by atoms with van der Waals surface area (Å²) < 4.78 is 4.41. The zero-order valence-corrected chi connectivity index (χ0v) is 6.21. The molecular formula is C6H3N3OS. The Kier molecular flexibility index (Phi) is 1.36. The van der Waals surface area contributed by atoms with Gasteiger partial charge >= 0.3 is 0 Å². The minimum absolute atomic E-state index is 0.321. The topological polar surface area (TPSA) is 55.7 Å². The smallest absolute Gasteiger partial charge is 0.265 e. The van der Waals surface area contributed by atoms with Gasteiger partial charge in [-0.15, -0.1) is 5.10 Å². The Bertz CT molecular complexity index is 439. The molecule has 0 saturated heterocycles. The van der Waals surface area contributed by atoms with E-state index in [0.717, 1.165) is 4.70 Å². The fourth-order valence-electron chi connectivity index (χ4n) is 0.758. The molecule has 0 fully saturated rings. The van der Waals surface area contributed by atoms with Gasteiger partial charge in [0, 0.05) is 6.20 Å². The highest BCUT2D eigenvalue weighted by Gasteiger charge is 1.98. The van der Waals surface area contributed by atoms with Crippen LogP contribution in [0.4, 0.5) is 0 Å². The summed E-state index contributed by atoms with van der Waals surface area (Å²) in [4.78, 5) is 14.6. The molecule has 2 rings (SSSR count). The van der Waals surface area contributed by atoms with E-state index in [0.29, 0.717) is 5.52 Å². The van der Waals surface area contributed by atoms with Gasteiger partial charge in [0.2, 0.25) is 0 Å². The van der Waals surface area contributed by atoms with Crippen molar-refractivity contribution in [3.63, 3.8) is 0 Å². The van der Waals surface area contributed by atoms with E-state index in [2.05, 4.69) is 14.6 Å². The lowest BCUT2D eigenvalue weighted by Crippen LogP contribution is -2.00. The molecule has 4 nitrogen and oxygen atoms in total. The van der Waals surface area contributed by atoms with Crippen LogP contribution in [0, 0.1) is 0 Å². The second-order valence-electron chi connectivity index (χ2n) is 1.93. The van der Waals surface area contributed by atoms with Crippen molar-refractivity contribution in [3.8, 4) is 0 Å². The molecule has 5 heteroatoms. The fourth-order valence-corrected chi connectivity index (χ4v) is 1.32. The molecule has 0 spiro atoms. The fraction of sp³-hybridized carbons (Fsp3) is 0. The highest BCUT2D eigenvalue weighted by Crippen LogP contribution is 2.07. The van der Waals surface area contributed by atoms with Gasteiger partial charge in [-0.2, -0.15) is 0 Å². The van der Waals surface area contributed by atoms with Gasteiger partial charge in [0.15, 0.2) is 5.52 Å². The molecule has 11 heavy (non-hydrogen) atoms. The number of hydrogen-bond acceptors (Lipinski definition) is 5. The van der Waals surface area contributed by atoms with Crippen LogP contribution in [0.25, 0.3) is 10.2 Å². The molecule has 0 atom stereocenters.